The van der Waals surface area contributed by atoms with Gasteiger partial charge >= 0.3 is 0 Å². The fourth-order valence-corrected chi connectivity index (χ4v) is 3.98. The number of carbonyl (C=O) groups is 2. The van der Waals surface area contributed by atoms with Gasteiger partial charge in [-0.15, -0.1) is 0 Å². The van der Waals surface area contributed by atoms with Crippen LogP contribution in [0.2, 0.25) is 0 Å². The smallest absolute Gasteiger partial charge is 0.247 e. The average Bonchev–Trinajstić information content (AvgIpc) is 2.87. The summed E-state index contributed by atoms with van der Waals surface area (Å²) in [4.78, 5) is 31.3. The number of anilines is 4. The fraction of sp³-hybridized carbons (Fsp3) is 0.192. The van der Waals surface area contributed by atoms with Crippen LogP contribution in [0.5, 0.6) is 11.5 Å². The van der Waals surface area contributed by atoms with Gasteiger partial charge in [-0.3, -0.25) is 9.59 Å². The lowest BCUT2D eigenvalue weighted by atomic mass is 9.87. The number of methoxy groups -OCH3 is 2. The SMILES string of the molecule is C=CC(=O)Nc1ccccc1Nc1cc2c(cn1)CC(c1cc(OC)cc(OC)c1)C(=O)N2C. The van der Waals surface area contributed by atoms with Gasteiger partial charge in [0.15, 0.2) is 0 Å². The third-order valence-corrected chi connectivity index (χ3v) is 5.79. The molecule has 2 amide bonds. The van der Waals surface area contributed by atoms with Crippen molar-refractivity contribution in [3.8, 4) is 11.5 Å². The van der Waals surface area contributed by atoms with Gasteiger partial charge in [-0.05, 0) is 47.9 Å². The molecule has 174 valence electrons. The number of nitrogens with zero attached hydrogens (tertiary/aromatic N) is 2. The summed E-state index contributed by atoms with van der Waals surface area (Å²) in [6, 6.07) is 14.6. The van der Waals surface area contributed by atoms with Crippen molar-refractivity contribution in [2.75, 3.05) is 36.8 Å². The molecule has 2 heterocycles. The first-order valence-electron chi connectivity index (χ1n) is 10.7. The summed E-state index contributed by atoms with van der Waals surface area (Å²) in [5.41, 5.74) is 3.83. The van der Waals surface area contributed by atoms with Crippen LogP contribution in [-0.4, -0.2) is 38.1 Å². The van der Waals surface area contributed by atoms with Crippen LogP contribution in [0.3, 0.4) is 0 Å². The molecule has 4 rings (SSSR count). The lowest BCUT2D eigenvalue weighted by Crippen LogP contribution is -2.37. The van der Waals surface area contributed by atoms with Gasteiger partial charge in [0.05, 0.1) is 37.2 Å². The van der Waals surface area contributed by atoms with Gasteiger partial charge in [0, 0.05) is 25.4 Å². The molecule has 0 aliphatic carbocycles. The van der Waals surface area contributed by atoms with Gasteiger partial charge in [0.25, 0.3) is 0 Å². The number of carbonyl (C=O) groups excluding carboxylic acids is 2. The molecule has 0 saturated heterocycles. The zero-order valence-electron chi connectivity index (χ0n) is 19.3. The standard InChI is InChI=1S/C26H26N4O4/c1-5-25(31)29-22-9-7-6-8-21(22)28-24-14-23-17(15-27-24)12-20(26(32)30(23)2)16-10-18(33-3)13-19(11-16)34-4/h5-11,13-15,20H,1,12H2,2-4H3,(H,27,28)(H,29,31). The van der Waals surface area contributed by atoms with Crippen LogP contribution in [0.1, 0.15) is 17.0 Å². The highest BCUT2D eigenvalue weighted by Crippen LogP contribution is 2.38. The van der Waals surface area contributed by atoms with Gasteiger partial charge in [-0.25, -0.2) is 4.98 Å². The van der Waals surface area contributed by atoms with Crippen molar-refractivity contribution in [3.05, 3.63) is 78.5 Å². The molecule has 34 heavy (non-hydrogen) atoms. The van der Waals surface area contributed by atoms with E-state index in [-0.39, 0.29) is 17.7 Å². The predicted molar refractivity (Wildman–Crippen MR) is 132 cm³/mol. The molecule has 2 aromatic carbocycles. The minimum Gasteiger partial charge on any atom is -0.497 e. The van der Waals surface area contributed by atoms with Gasteiger partial charge in [0.2, 0.25) is 11.8 Å². The number of para-hydroxylation sites is 2. The van der Waals surface area contributed by atoms with E-state index in [2.05, 4.69) is 22.2 Å². The Labute approximate surface area is 198 Å². The monoisotopic (exact) mass is 458 g/mol. The molecular formula is C26H26N4O4. The van der Waals surface area contributed by atoms with Crippen molar-refractivity contribution in [2.45, 2.75) is 12.3 Å². The van der Waals surface area contributed by atoms with Crippen molar-refractivity contribution in [1.29, 1.82) is 0 Å². The van der Waals surface area contributed by atoms with E-state index < -0.39 is 0 Å². The van der Waals surface area contributed by atoms with Crippen molar-refractivity contribution in [2.24, 2.45) is 0 Å². The molecule has 1 aromatic heterocycles. The van der Waals surface area contributed by atoms with Crippen LogP contribution in [0, 0.1) is 0 Å². The topological polar surface area (TPSA) is 92.8 Å². The summed E-state index contributed by atoms with van der Waals surface area (Å²) < 4.78 is 10.8. The van der Waals surface area contributed by atoms with E-state index in [4.69, 9.17) is 9.47 Å². The molecule has 3 aromatic rings. The van der Waals surface area contributed by atoms with Gasteiger partial charge in [-0.1, -0.05) is 18.7 Å². The Kier molecular flexibility index (Phi) is 6.49. The number of rotatable bonds is 7. The Morgan fingerprint density at radius 1 is 1.12 bits per heavy atom. The van der Waals surface area contributed by atoms with Crippen LogP contribution >= 0.6 is 0 Å². The van der Waals surface area contributed by atoms with Crippen LogP contribution in [0.25, 0.3) is 0 Å². The highest BCUT2D eigenvalue weighted by molar-refractivity contribution is 6.02. The second-order valence-electron chi connectivity index (χ2n) is 7.86. The summed E-state index contributed by atoms with van der Waals surface area (Å²) in [5, 5.41) is 6.00. The first-order chi connectivity index (χ1) is 16.4. The van der Waals surface area contributed by atoms with E-state index >= 15 is 0 Å². The maximum atomic E-state index is 13.3. The summed E-state index contributed by atoms with van der Waals surface area (Å²) in [5.74, 6) is 1.11. The maximum absolute atomic E-state index is 13.3. The van der Waals surface area contributed by atoms with Crippen LogP contribution in [-0.2, 0) is 16.0 Å². The number of benzene rings is 2. The number of amides is 2. The summed E-state index contributed by atoms with van der Waals surface area (Å²) in [6.45, 7) is 3.49. The molecule has 0 fully saturated rings. The van der Waals surface area contributed by atoms with E-state index in [1.165, 1.54) is 6.08 Å². The molecule has 8 nitrogen and oxygen atoms in total. The quantitative estimate of drug-likeness (QED) is 0.514. The summed E-state index contributed by atoms with van der Waals surface area (Å²) >= 11 is 0. The highest BCUT2D eigenvalue weighted by atomic mass is 16.5. The van der Waals surface area contributed by atoms with Gasteiger partial charge in [0.1, 0.15) is 17.3 Å². The Balaban J connectivity index is 1.62. The zero-order chi connectivity index (χ0) is 24.2. The van der Waals surface area contributed by atoms with Crippen molar-refractivity contribution in [3.63, 3.8) is 0 Å². The second-order valence-corrected chi connectivity index (χ2v) is 7.86. The summed E-state index contributed by atoms with van der Waals surface area (Å²) in [6.07, 6.45) is 3.49. The third kappa shape index (κ3) is 4.56. The molecule has 0 bridgehead atoms. The lowest BCUT2D eigenvalue weighted by Gasteiger charge is -2.32. The molecule has 1 aliphatic heterocycles. The molecule has 0 spiro atoms. The average molecular weight is 459 g/mol. The maximum Gasteiger partial charge on any atom is 0.247 e. The molecule has 0 saturated carbocycles. The van der Waals surface area contributed by atoms with Gasteiger partial charge in [-0.2, -0.15) is 0 Å². The molecule has 1 aliphatic rings. The van der Waals surface area contributed by atoms with Crippen LogP contribution < -0.4 is 25.0 Å². The van der Waals surface area contributed by atoms with Crippen molar-refractivity contribution in [1.82, 2.24) is 4.98 Å². The summed E-state index contributed by atoms with van der Waals surface area (Å²) in [7, 11) is 4.93. The van der Waals surface area contributed by atoms with E-state index in [1.807, 2.05) is 36.4 Å². The number of aromatic nitrogens is 1. The van der Waals surface area contributed by atoms with Crippen LogP contribution in [0.4, 0.5) is 22.9 Å². The Morgan fingerprint density at radius 3 is 2.44 bits per heavy atom. The minimum absolute atomic E-state index is 0.0291. The molecular weight excluding hydrogens is 432 g/mol. The van der Waals surface area contributed by atoms with E-state index in [0.29, 0.717) is 35.1 Å². The number of fused-ring (bicyclic) bond motifs is 1. The first-order valence-corrected chi connectivity index (χ1v) is 10.7. The zero-order valence-corrected chi connectivity index (χ0v) is 19.3. The normalized spacial score (nSPS) is 14.7. The van der Waals surface area contributed by atoms with Crippen LogP contribution in [0.15, 0.2) is 67.4 Å². The number of likely N-dealkylation sites (N-methyl/N-ethyl adjacent to an activating group) is 1. The first kappa shape index (κ1) is 22.8. The van der Waals surface area contributed by atoms with E-state index in [9.17, 15) is 9.59 Å². The van der Waals surface area contributed by atoms with E-state index in [1.54, 1.807) is 44.5 Å². The molecule has 0 radical (unpaired) electrons. The largest absolute Gasteiger partial charge is 0.497 e. The lowest BCUT2D eigenvalue weighted by molar-refractivity contribution is -0.120. The molecule has 1 unspecified atom stereocenters. The molecule has 8 heteroatoms. The molecule has 2 N–H and O–H groups in total. The van der Waals surface area contributed by atoms with Crippen molar-refractivity contribution < 1.29 is 19.1 Å². The minimum atomic E-state index is -0.378. The third-order valence-electron chi connectivity index (χ3n) is 5.79. The predicted octanol–water partition coefficient (Wildman–Crippen LogP) is 4.27. The van der Waals surface area contributed by atoms with E-state index in [0.717, 1.165) is 16.8 Å². The highest BCUT2D eigenvalue weighted by Gasteiger charge is 2.33. The van der Waals surface area contributed by atoms with Gasteiger partial charge < -0.3 is 25.0 Å². The molecule has 1 atom stereocenters. The Bertz CT molecular complexity index is 1240. The number of nitrogens with one attached hydrogen (secondary N) is 2. The number of ether oxygens (including phenoxy) is 2. The second kappa shape index (κ2) is 9.66. The Hall–Kier alpha value is -4.33. The number of hydrogen-bond donors (Lipinski definition) is 2. The number of pyridine rings is 1. The Morgan fingerprint density at radius 2 is 1.79 bits per heavy atom. The fourth-order valence-electron chi connectivity index (χ4n) is 3.98. The van der Waals surface area contributed by atoms with Crippen molar-refractivity contribution >= 4 is 34.7 Å². The number of hydrogen-bond acceptors (Lipinski definition) is 6.